The highest BCUT2D eigenvalue weighted by Crippen LogP contribution is 2.33. The second kappa shape index (κ2) is 55.8. The van der Waals surface area contributed by atoms with Crippen LogP contribution < -0.4 is 5.32 Å². The number of aliphatic hydroxyl groups excluding tert-OH is 11. The van der Waals surface area contributed by atoms with Gasteiger partial charge in [-0.05, 0) is 44.9 Å². The van der Waals surface area contributed by atoms with Crippen LogP contribution >= 0.6 is 0 Å². The first-order valence-electron chi connectivity index (χ1n) is 37.7. The summed E-state index contributed by atoms with van der Waals surface area (Å²) >= 11 is 0. The summed E-state index contributed by atoms with van der Waals surface area (Å²) in [5, 5.41) is 121. The third-order valence-corrected chi connectivity index (χ3v) is 19.0. The lowest BCUT2D eigenvalue weighted by atomic mass is 9.96. The molecule has 0 aromatic carbocycles. The van der Waals surface area contributed by atoms with Gasteiger partial charge in [0.05, 0.1) is 38.6 Å². The van der Waals surface area contributed by atoms with Crippen molar-refractivity contribution in [2.24, 2.45) is 0 Å². The highest BCUT2D eigenvalue weighted by atomic mass is 16.8. The maximum Gasteiger partial charge on any atom is 0.220 e. The summed E-state index contributed by atoms with van der Waals surface area (Å²) in [5.41, 5.74) is 0. The third-order valence-electron chi connectivity index (χ3n) is 19.0. The molecule has 3 saturated heterocycles. The molecule has 12 N–H and O–H groups in total. The Morgan fingerprint density at radius 1 is 0.398 bits per heavy atom. The standard InChI is InChI=1S/C74H137NO18/c1-3-5-7-9-11-13-15-17-19-20-21-22-23-24-25-26-27-28-29-30-31-32-33-34-35-36-38-39-41-43-45-47-49-51-58(79)57(75-62(80)52-50-48-46-44-42-40-37-18-16-14-12-10-8-6-4-2)56-88-72-68(86)65(83)70(60(54-77)90-72)93-74-69(87)66(84)71(61(55-78)91-74)92-73-67(85)64(82)63(81)59(53-76)89-73/h6,8,12,14,18,37,57-61,63-74,76-79,81-87H,3-5,7,9-11,13,15-17,19-36,38-56H2,1-2H3,(H,75,80)/b8-6-,14-12-,37-18-. The lowest BCUT2D eigenvalue weighted by molar-refractivity contribution is -0.379. The van der Waals surface area contributed by atoms with Crippen molar-refractivity contribution in [3.05, 3.63) is 36.5 Å². The molecule has 3 heterocycles. The minimum Gasteiger partial charge on any atom is -0.394 e. The average Bonchev–Trinajstić information content (AvgIpc) is 0.814. The molecule has 19 nitrogen and oxygen atoms in total. The molecule has 3 aliphatic heterocycles. The van der Waals surface area contributed by atoms with Crippen LogP contribution in [0.4, 0.5) is 0 Å². The van der Waals surface area contributed by atoms with Gasteiger partial charge in [-0.3, -0.25) is 4.79 Å². The Morgan fingerprint density at radius 2 is 0.742 bits per heavy atom. The van der Waals surface area contributed by atoms with Crippen LogP contribution in [0.2, 0.25) is 0 Å². The van der Waals surface area contributed by atoms with Crippen LogP contribution in [0.25, 0.3) is 0 Å². The molecule has 0 aromatic rings. The summed E-state index contributed by atoms with van der Waals surface area (Å²) in [6.45, 7) is 1.70. The minimum absolute atomic E-state index is 0.247. The zero-order valence-corrected chi connectivity index (χ0v) is 58.0. The molecule has 0 aliphatic carbocycles. The Hall–Kier alpha value is -1.99. The number of hydrogen-bond acceptors (Lipinski definition) is 18. The van der Waals surface area contributed by atoms with E-state index in [1.165, 1.54) is 186 Å². The van der Waals surface area contributed by atoms with E-state index in [2.05, 4.69) is 55.6 Å². The minimum atomic E-state index is -1.97. The Bertz CT molecular complexity index is 1830. The first-order chi connectivity index (χ1) is 45.3. The fourth-order valence-corrected chi connectivity index (χ4v) is 12.9. The van der Waals surface area contributed by atoms with Gasteiger partial charge in [-0.2, -0.15) is 0 Å². The van der Waals surface area contributed by atoms with Crippen LogP contribution in [-0.2, 0) is 33.2 Å². The van der Waals surface area contributed by atoms with Gasteiger partial charge in [-0.15, -0.1) is 0 Å². The summed E-state index contributed by atoms with van der Waals surface area (Å²) in [6.07, 6.45) is 39.7. The van der Waals surface area contributed by atoms with Gasteiger partial charge in [0.15, 0.2) is 18.9 Å². The SMILES string of the molecule is CC/C=C\C/C=C\C/C=C\CCCCCCCC(=O)NC(COC1OC(CO)C(OC2OC(CO)C(OC3OC(CO)C(O)C(O)C3O)C(O)C2O)C(O)C1O)C(O)CCCCCCCCCCCCCCCCCCCCCCCCCCCCCCCCCCC. The number of allylic oxidation sites excluding steroid dienone is 6. The van der Waals surface area contributed by atoms with Gasteiger partial charge in [-0.25, -0.2) is 0 Å². The molecule has 0 aromatic heterocycles. The van der Waals surface area contributed by atoms with Crippen molar-refractivity contribution in [2.75, 3.05) is 26.4 Å². The summed E-state index contributed by atoms with van der Waals surface area (Å²) in [5.74, 6) is -0.257. The second-order valence-corrected chi connectivity index (χ2v) is 27.1. The van der Waals surface area contributed by atoms with Crippen LogP contribution in [0.3, 0.4) is 0 Å². The Balaban J connectivity index is 1.35. The van der Waals surface area contributed by atoms with E-state index in [0.717, 1.165) is 77.0 Å². The molecule has 0 radical (unpaired) electrons. The van der Waals surface area contributed by atoms with E-state index < -0.39 is 124 Å². The van der Waals surface area contributed by atoms with E-state index >= 15 is 0 Å². The topological polar surface area (TPSA) is 307 Å². The Kier molecular flexibility index (Phi) is 51.2. The van der Waals surface area contributed by atoms with Gasteiger partial charge in [0.1, 0.15) is 73.2 Å². The average molecular weight is 1330 g/mol. The highest BCUT2D eigenvalue weighted by molar-refractivity contribution is 5.76. The summed E-state index contributed by atoms with van der Waals surface area (Å²) in [6, 6.07) is -0.898. The van der Waals surface area contributed by atoms with Gasteiger partial charge in [-0.1, -0.05) is 281 Å². The molecule has 3 aliphatic rings. The van der Waals surface area contributed by atoms with Crippen molar-refractivity contribution in [3.8, 4) is 0 Å². The van der Waals surface area contributed by atoms with Gasteiger partial charge in [0, 0.05) is 6.42 Å². The van der Waals surface area contributed by atoms with Gasteiger partial charge in [0.2, 0.25) is 5.91 Å². The van der Waals surface area contributed by atoms with Crippen LogP contribution in [0.5, 0.6) is 0 Å². The van der Waals surface area contributed by atoms with E-state index in [-0.39, 0.29) is 18.9 Å². The lowest BCUT2D eigenvalue weighted by Gasteiger charge is -2.48. The zero-order valence-electron chi connectivity index (χ0n) is 58.0. The first kappa shape index (κ1) is 85.2. The monoisotopic (exact) mass is 1330 g/mol. The smallest absolute Gasteiger partial charge is 0.220 e. The number of carbonyl (C=O) groups excluding carboxylic acids is 1. The van der Waals surface area contributed by atoms with Crippen molar-refractivity contribution in [2.45, 2.75) is 401 Å². The van der Waals surface area contributed by atoms with Crippen molar-refractivity contribution in [3.63, 3.8) is 0 Å². The van der Waals surface area contributed by atoms with Gasteiger partial charge in [0.25, 0.3) is 0 Å². The molecule has 0 spiro atoms. The number of nitrogens with one attached hydrogen (secondary N) is 1. The highest BCUT2D eigenvalue weighted by Gasteiger charge is 2.53. The van der Waals surface area contributed by atoms with Crippen molar-refractivity contribution in [1.82, 2.24) is 5.32 Å². The Labute approximate surface area is 561 Å². The molecular weight excluding hydrogens is 1190 g/mol. The zero-order chi connectivity index (χ0) is 67.5. The normalized spacial score (nSPS) is 27.7. The van der Waals surface area contributed by atoms with E-state index in [0.29, 0.717) is 12.8 Å². The fourth-order valence-electron chi connectivity index (χ4n) is 12.9. The van der Waals surface area contributed by atoms with E-state index in [1.54, 1.807) is 0 Å². The molecule has 17 unspecified atom stereocenters. The molecule has 3 fully saturated rings. The predicted octanol–water partition coefficient (Wildman–Crippen LogP) is 11.2. The number of amides is 1. The largest absolute Gasteiger partial charge is 0.394 e. The molecule has 0 saturated carbocycles. The summed E-state index contributed by atoms with van der Waals surface area (Å²) in [7, 11) is 0. The maximum absolute atomic E-state index is 13.4. The van der Waals surface area contributed by atoms with Crippen LogP contribution in [0.1, 0.15) is 296 Å². The van der Waals surface area contributed by atoms with E-state index in [9.17, 15) is 61.0 Å². The first-order valence-corrected chi connectivity index (χ1v) is 37.7. The van der Waals surface area contributed by atoms with Crippen LogP contribution in [0.15, 0.2) is 36.5 Å². The molecule has 19 heteroatoms. The van der Waals surface area contributed by atoms with Crippen LogP contribution in [0, 0.1) is 0 Å². The van der Waals surface area contributed by atoms with Crippen molar-refractivity contribution in [1.29, 1.82) is 0 Å². The lowest BCUT2D eigenvalue weighted by Crippen LogP contribution is -2.66. The van der Waals surface area contributed by atoms with Gasteiger partial charge < -0.3 is 89.9 Å². The molecule has 0 bridgehead atoms. The number of ether oxygens (including phenoxy) is 6. The molecule has 1 amide bonds. The molecule has 3 rings (SSSR count). The molecule has 93 heavy (non-hydrogen) atoms. The van der Waals surface area contributed by atoms with Gasteiger partial charge >= 0.3 is 0 Å². The number of unbranched alkanes of at least 4 members (excludes halogenated alkanes) is 37. The summed E-state index contributed by atoms with van der Waals surface area (Å²) in [4.78, 5) is 13.4. The van der Waals surface area contributed by atoms with Crippen molar-refractivity contribution < 1.29 is 89.4 Å². The number of carbonyl (C=O) groups is 1. The number of rotatable bonds is 59. The number of hydrogen-bond donors (Lipinski definition) is 12. The maximum atomic E-state index is 13.4. The predicted molar refractivity (Wildman–Crippen MR) is 365 cm³/mol. The molecular formula is C74H137NO18. The van der Waals surface area contributed by atoms with Crippen molar-refractivity contribution >= 4 is 5.91 Å². The molecule has 17 atom stereocenters. The molecule has 546 valence electrons. The van der Waals surface area contributed by atoms with E-state index in [4.69, 9.17) is 28.4 Å². The fraction of sp³-hybridized carbons (Fsp3) is 0.905. The quantitative estimate of drug-likeness (QED) is 0.0199. The summed E-state index contributed by atoms with van der Waals surface area (Å²) < 4.78 is 34.4. The second-order valence-electron chi connectivity index (χ2n) is 27.1. The Morgan fingerprint density at radius 3 is 1.16 bits per heavy atom. The number of aliphatic hydroxyl groups is 11. The van der Waals surface area contributed by atoms with Crippen LogP contribution in [-0.4, -0.2) is 193 Å². The third kappa shape index (κ3) is 37.1. The van der Waals surface area contributed by atoms with E-state index in [1.807, 2.05) is 0 Å².